The lowest BCUT2D eigenvalue weighted by atomic mass is 10.1. The highest BCUT2D eigenvalue weighted by atomic mass is 35.5. The number of nitrogens with one attached hydrogen (secondary N) is 5. The topological polar surface area (TPSA) is 163 Å². The van der Waals surface area contributed by atoms with Crippen molar-refractivity contribution in [1.82, 2.24) is 24.3 Å². The second kappa shape index (κ2) is 10.5. The van der Waals surface area contributed by atoms with Crippen molar-refractivity contribution in [3.8, 4) is 0 Å². The molecule has 0 amide bonds. The fourth-order valence-corrected chi connectivity index (χ4v) is 5.39. The van der Waals surface area contributed by atoms with Gasteiger partial charge in [0.05, 0.1) is 50.4 Å². The van der Waals surface area contributed by atoms with Crippen LogP contribution in [0, 0.1) is 5.41 Å². The summed E-state index contributed by atoms with van der Waals surface area (Å²) >= 11 is 6.27. The Morgan fingerprint density at radius 1 is 1.24 bits per heavy atom. The van der Waals surface area contributed by atoms with Crippen molar-refractivity contribution in [3.63, 3.8) is 0 Å². The number of morpholine rings is 1. The van der Waals surface area contributed by atoms with Crippen LogP contribution in [0.5, 0.6) is 0 Å². The molecule has 0 aromatic carbocycles. The SMILES string of the molecule is CN/C=C(\C=N)Nc1ncc(Cl)c(NC2COC3C(NS(=O)(=O)N4CCOCC4)COC23)n1. The van der Waals surface area contributed by atoms with Gasteiger partial charge in [0, 0.05) is 32.6 Å². The standard InChI is InChI=1S/C18H27ClN8O5S/c1-21-7-11(6-20)23-18-22-8-12(19)17(25-18)24-13-9-31-16-14(10-32-15(13)16)26-33(28,29)27-2-4-30-5-3-27/h6-8,13-16,20-21,26H,2-5,9-10H2,1H3,(H2,22,23,24,25)/b11-7+,20-6?. The summed E-state index contributed by atoms with van der Waals surface area (Å²) in [6, 6.07) is -0.794. The zero-order chi connectivity index (χ0) is 23.4. The number of allylic oxidation sites excluding steroid dienone is 1. The van der Waals surface area contributed by atoms with E-state index in [-0.39, 0.29) is 24.7 Å². The quantitative estimate of drug-likeness (QED) is 0.274. The maximum Gasteiger partial charge on any atom is 0.280 e. The second-order valence-electron chi connectivity index (χ2n) is 7.64. The molecule has 182 valence electrons. The van der Waals surface area contributed by atoms with Crippen molar-refractivity contribution in [2.24, 2.45) is 0 Å². The van der Waals surface area contributed by atoms with Crippen LogP contribution in [0.15, 0.2) is 18.1 Å². The van der Waals surface area contributed by atoms with Gasteiger partial charge in [-0.25, -0.2) is 4.98 Å². The van der Waals surface area contributed by atoms with Crippen LogP contribution >= 0.6 is 11.6 Å². The molecule has 33 heavy (non-hydrogen) atoms. The Hall–Kier alpha value is -2.07. The van der Waals surface area contributed by atoms with Crippen molar-refractivity contribution in [2.75, 3.05) is 57.2 Å². The minimum absolute atomic E-state index is 0.193. The number of hydrogen-bond donors (Lipinski definition) is 5. The van der Waals surface area contributed by atoms with E-state index in [1.807, 2.05) is 0 Å². The minimum Gasteiger partial charge on any atom is -0.392 e. The molecule has 4 atom stereocenters. The lowest BCUT2D eigenvalue weighted by Crippen LogP contribution is -2.52. The van der Waals surface area contributed by atoms with Crippen LogP contribution in [-0.2, 0) is 24.4 Å². The molecule has 1 aromatic rings. The van der Waals surface area contributed by atoms with Crippen molar-refractivity contribution >= 4 is 39.8 Å². The van der Waals surface area contributed by atoms with Crippen molar-refractivity contribution < 1.29 is 22.6 Å². The van der Waals surface area contributed by atoms with E-state index in [9.17, 15) is 8.42 Å². The van der Waals surface area contributed by atoms with Gasteiger partial charge >= 0.3 is 0 Å². The van der Waals surface area contributed by atoms with E-state index in [1.165, 1.54) is 10.5 Å². The highest BCUT2D eigenvalue weighted by Gasteiger charge is 2.49. The molecule has 4 heterocycles. The summed E-state index contributed by atoms with van der Waals surface area (Å²) in [5.74, 6) is 0.629. The Balaban J connectivity index is 1.40. The highest BCUT2D eigenvalue weighted by Crippen LogP contribution is 2.31. The molecule has 13 nitrogen and oxygen atoms in total. The molecule has 0 aliphatic carbocycles. The molecule has 0 spiro atoms. The minimum atomic E-state index is -3.67. The largest absolute Gasteiger partial charge is 0.392 e. The zero-order valence-electron chi connectivity index (χ0n) is 18.0. The number of fused-ring (bicyclic) bond motifs is 1. The molecule has 4 rings (SSSR count). The van der Waals surface area contributed by atoms with Crippen molar-refractivity contribution in [3.05, 3.63) is 23.1 Å². The van der Waals surface area contributed by atoms with Crippen LogP contribution < -0.4 is 20.7 Å². The Bertz CT molecular complexity index is 990. The van der Waals surface area contributed by atoms with Gasteiger partial charge in [-0.3, -0.25) is 0 Å². The van der Waals surface area contributed by atoms with Gasteiger partial charge in [-0.15, -0.1) is 0 Å². The van der Waals surface area contributed by atoms with Crippen molar-refractivity contribution in [1.29, 1.82) is 5.41 Å². The smallest absolute Gasteiger partial charge is 0.280 e. The first-order valence-corrected chi connectivity index (χ1v) is 12.3. The highest BCUT2D eigenvalue weighted by molar-refractivity contribution is 7.87. The first-order valence-electron chi connectivity index (χ1n) is 10.4. The van der Waals surface area contributed by atoms with Gasteiger partial charge in [0.15, 0.2) is 5.82 Å². The van der Waals surface area contributed by atoms with Gasteiger partial charge in [-0.2, -0.15) is 22.4 Å². The summed E-state index contributed by atoms with van der Waals surface area (Å²) in [6.07, 6.45) is 3.34. The summed E-state index contributed by atoms with van der Waals surface area (Å²) in [6.45, 7) is 1.86. The lowest BCUT2D eigenvalue weighted by molar-refractivity contribution is 0.0668. The number of nitrogens with zero attached hydrogens (tertiary/aromatic N) is 3. The first kappa shape index (κ1) is 24.1. The third kappa shape index (κ3) is 5.54. The Morgan fingerprint density at radius 2 is 1.94 bits per heavy atom. The number of ether oxygens (including phenoxy) is 3. The Morgan fingerprint density at radius 3 is 2.64 bits per heavy atom. The Labute approximate surface area is 196 Å². The molecule has 3 fully saturated rings. The molecule has 15 heteroatoms. The fourth-order valence-electron chi connectivity index (χ4n) is 3.88. The third-order valence-corrected chi connectivity index (χ3v) is 7.36. The van der Waals surface area contributed by atoms with E-state index >= 15 is 0 Å². The molecule has 1 aromatic heterocycles. The summed E-state index contributed by atoms with van der Waals surface area (Å²) in [5.41, 5.74) is 0.463. The van der Waals surface area contributed by atoms with Crippen LogP contribution in [0.25, 0.3) is 0 Å². The van der Waals surface area contributed by atoms with E-state index in [0.717, 1.165) is 6.21 Å². The molecule has 4 unspecified atom stereocenters. The number of halogens is 1. The summed E-state index contributed by atoms with van der Waals surface area (Å²) in [7, 11) is -1.95. The van der Waals surface area contributed by atoms with Gasteiger partial charge in [0.1, 0.15) is 17.2 Å². The first-order chi connectivity index (χ1) is 15.9. The molecule has 5 N–H and O–H groups in total. The predicted molar refractivity (Wildman–Crippen MR) is 122 cm³/mol. The van der Waals surface area contributed by atoms with E-state index in [4.69, 9.17) is 31.2 Å². The lowest BCUT2D eigenvalue weighted by Gasteiger charge is -2.28. The number of rotatable bonds is 9. The summed E-state index contributed by atoms with van der Waals surface area (Å²) in [4.78, 5) is 8.51. The molecule has 0 bridgehead atoms. The molecule has 3 saturated heterocycles. The maximum atomic E-state index is 12.7. The molecular weight excluding hydrogens is 476 g/mol. The molecule has 0 radical (unpaired) electrons. The maximum absolute atomic E-state index is 12.7. The van der Waals surface area contributed by atoms with Crippen LogP contribution in [0.2, 0.25) is 5.02 Å². The fraction of sp³-hybridized carbons (Fsp3) is 0.611. The Kier molecular flexibility index (Phi) is 7.63. The monoisotopic (exact) mass is 502 g/mol. The second-order valence-corrected chi connectivity index (χ2v) is 9.74. The molecular formula is C18H27ClN8O5S. The third-order valence-electron chi connectivity index (χ3n) is 5.44. The number of hydrogen-bond acceptors (Lipinski definition) is 11. The van der Waals surface area contributed by atoms with Gasteiger partial charge in [-0.1, -0.05) is 11.6 Å². The molecule has 0 saturated carbocycles. The van der Waals surface area contributed by atoms with Gasteiger partial charge < -0.3 is 35.6 Å². The molecule has 3 aliphatic rings. The summed E-state index contributed by atoms with van der Waals surface area (Å²) < 4.78 is 46.5. The van der Waals surface area contributed by atoms with Crippen LogP contribution in [0.1, 0.15) is 0 Å². The summed E-state index contributed by atoms with van der Waals surface area (Å²) in [5, 5.41) is 16.7. The van der Waals surface area contributed by atoms with Crippen molar-refractivity contribution in [2.45, 2.75) is 24.3 Å². The van der Waals surface area contributed by atoms with Gasteiger partial charge in [0.25, 0.3) is 10.2 Å². The number of anilines is 2. The normalized spacial score (nSPS) is 28.4. The molecule has 3 aliphatic heterocycles. The number of aromatic nitrogens is 2. The van der Waals surface area contributed by atoms with Crippen LogP contribution in [0.4, 0.5) is 11.8 Å². The predicted octanol–water partition coefficient (Wildman–Crippen LogP) is -0.634. The van der Waals surface area contributed by atoms with Gasteiger partial charge in [-0.05, 0) is 0 Å². The van der Waals surface area contributed by atoms with E-state index < -0.39 is 22.4 Å². The van der Waals surface area contributed by atoms with Crippen LogP contribution in [-0.4, -0.2) is 99.8 Å². The average Bonchev–Trinajstić information content (AvgIpc) is 3.39. The van der Waals surface area contributed by atoms with E-state index in [1.54, 1.807) is 13.2 Å². The average molecular weight is 503 g/mol. The van der Waals surface area contributed by atoms with E-state index in [2.05, 4.69) is 30.6 Å². The van der Waals surface area contributed by atoms with E-state index in [0.29, 0.717) is 49.4 Å². The van der Waals surface area contributed by atoms with Crippen LogP contribution in [0.3, 0.4) is 0 Å². The van der Waals surface area contributed by atoms with Gasteiger partial charge in [0.2, 0.25) is 5.95 Å². The zero-order valence-corrected chi connectivity index (χ0v) is 19.5.